The fraction of sp³-hybridized carbons (Fsp3) is 0.909. The summed E-state index contributed by atoms with van der Waals surface area (Å²) in [6.07, 6.45) is 2.04. The molecule has 0 aromatic rings. The van der Waals surface area contributed by atoms with Crippen molar-refractivity contribution >= 4 is 5.91 Å². The molecule has 1 amide bonds. The Bertz CT molecular complexity index is 212. The van der Waals surface area contributed by atoms with Crippen LogP contribution in [0.15, 0.2) is 0 Å². The minimum atomic E-state index is -0.329. The van der Waals surface area contributed by atoms with Crippen molar-refractivity contribution in [2.75, 3.05) is 33.2 Å². The van der Waals surface area contributed by atoms with Gasteiger partial charge in [-0.1, -0.05) is 6.92 Å². The Morgan fingerprint density at radius 1 is 1.60 bits per heavy atom. The van der Waals surface area contributed by atoms with E-state index in [1.54, 1.807) is 0 Å². The summed E-state index contributed by atoms with van der Waals surface area (Å²) in [4.78, 5) is 14.0. The Morgan fingerprint density at radius 2 is 2.33 bits per heavy atom. The van der Waals surface area contributed by atoms with E-state index in [1.807, 2.05) is 6.92 Å². The summed E-state index contributed by atoms with van der Waals surface area (Å²) < 4.78 is 0. The van der Waals surface area contributed by atoms with E-state index in [-0.39, 0.29) is 11.4 Å². The molecular formula is C11H23N3O. The third-order valence-corrected chi connectivity index (χ3v) is 3.19. The monoisotopic (exact) mass is 213 g/mol. The maximum absolute atomic E-state index is 11.8. The van der Waals surface area contributed by atoms with E-state index >= 15 is 0 Å². The molecule has 1 heterocycles. The third-order valence-electron chi connectivity index (χ3n) is 3.19. The standard InChI is InChI=1S/C11H23N3O/c1-4-14(3)9-8-12-10(15)11(2)6-5-7-13-11/h13H,4-9H2,1-3H3,(H,12,15). The molecule has 1 rings (SSSR count). The Morgan fingerprint density at radius 3 is 2.87 bits per heavy atom. The average Bonchev–Trinajstić information content (AvgIpc) is 2.66. The molecule has 1 aliphatic heterocycles. The molecule has 15 heavy (non-hydrogen) atoms. The van der Waals surface area contributed by atoms with Crippen molar-refractivity contribution in [2.45, 2.75) is 32.2 Å². The number of likely N-dealkylation sites (N-methyl/N-ethyl adjacent to an activating group) is 1. The van der Waals surface area contributed by atoms with Crippen molar-refractivity contribution in [1.29, 1.82) is 0 Å². The Kier molecular flexibility index (Phi) is 4.54. The summed E-state index contributed by atoms with van der Waals surface area (Å²) in [5.74, 6) is 0.143. The first kappa shape index (κ1) is 12.5. The lowest BCUT2D eigenvalue weighted by Crippen LogP contribution is -2.52. The molecule has 0 bridgehead atoms. The van der Waals surface area contributed by atoms with Gasteiger partial charge in [0.2, 0.25) is 5.91 Å². The summed E-state index contributed by atoms with van der Waals surface area (Å²) in [5.41, 5.74) is -0.329. The Hall–Kier alpha value is -0.610. The zero-order valence-electron chi connectivity index (χ0n) is 10.1. The van der Waals surface area contributed by atoms with Crippen LogP contribution in [0.25, 0.3) is 0 Å². The Labute approximate surface area is 92.4 Å². The molecule has 0 aromatic carbocycles. The van der Waals surface area contributed by atoms with E-state index in [9.17, 15) is 4.79 Å². The second-order valence-corrected chi connectivity index (χ2v) is 4.51. The van der Waals surface area contributed by atoms with Crippen LogP contribution >= 0.6 is 0 Å². The molecule has 0 aliphatic carbocycles. The number of hydrogen-bond acceptors (Lipinski definition) is 3. The van der Waals surface area contributed by atoms with Gasteiger partial charge in [0.05, 0.1) is 5.54 Å². The number of nitrogens with one attached hydrogen (secondary N) is 2. The summed E-state index contributed by atoms with van der Waals surface area (Å²) in [7, 11) is 2.06. The second kappa shape index (κ2) is 5.47. The first-order chi connectivity index (χ1) is 7.08. The molecule has 0 saturated carbocycles. The molecule has 4 heteroatoms. The van der Waals surface area contributed by atoms with Gasteiger partial charge in [-0.05, 0) is 39.9 Å². The van der Waals surface area contributed by atoms with Gasteiger partial charge in [0.15, 0.2) is 0 Å². The first-order valence-corrected chi connectivity index (χ1v) is 5.80. The zero-order valence-corrected chi connectivity index (χ0v) is 10.1. The fourth-order valence-electron chi connectivity index (χ4n) is 1.80. The summed E-state index contributed by atoms with van der Waals surface area (Å²) in [5, 5.41) is 6.25. The number of hydrogen-bond donors (Lipinski definition) is 2. The highest BCUT2D eigenvalue weighted by Crippen LogP contribution is 2.18. The number of carbonyl (C=O) groups excluding carboxylic acids is 1. The highest BCUT2D eigenvalue weighted by Gasteiger charge is 2.35. The van der Waals surface area contributed by atoms with Gasteiger partial charge in [-0.3, -0.25) is 4.79 Å². The van der Waals surface area contributed by atoms with Crippen molar-refractivity contribution in [3.8, 4) is 0 Å². The summed E-state index contributed by atoms with van der Waals surface area (Å²) in [6, 6.07) is 0. The van der Waals surface area contributed by atoms with Crippen LogP contribution in [0.3, 0.4) is 0 Å². The number of rotatable bonds is 5. The minimum Gasteiger partial charge on any atom is -0.353 e. The van der Waals surface area contributed by atoms with Crippen LogP contribution in [0, 0.1) is 0 Å². The normalized spacial score (nSPS) is 25.9. The van der Waals surface area contributed by atoms with E-state index in [0.29, 0.717) is 0 Å². The van der Waals surface area contributed by atoms with E-state index in [4.69, 9.17) is 0 Å². The number of carbonyl (C=O) groups is 1. The van der Waals surface area contributed by atoms with Crippen molar-refractivity contribution in [3.05, 3.63) is 0 Å². The van der Waals surface area contributed by atoms with Gasteiger partial charge in [0, 0.05) is 13.1 Å². The second-order valence-electron chi connectivity index (χ2n) is 4.51. The van der Waals surface area contributed by atoms with Crippen LogP contribution in [0.4, 0.5) is 0 Å². The van der Waals surface area contributed by atoms with Gasteiger partial charge in [0.25, 0.3) is 0 Å². The summed E-state index contributed by atoms with van der Waals surface area (Å²) >= 11 is 0. The van der Waals surface area contributed by atoms with Gasteiger partial charge in [0.1, 0.15) is 0 Å². The predicted molar refractivity (Wildman–Crippen MR) is 61.8 cm³/mol. The third kappa shape index (κ3) is 3.47. The van der Waals surface area contributed by atoms with Gasteiger partial charge in [-0.15, -0.1) is 0 Å². The highest BCUT2D eigenvalue weighted by atomic mass is 16.2. The van der Waals surface area contributed by atoms with Crippen LogP contribution in [0.5, 0.6) is 0 Å². The fourth-order valence-corrected chi connectivity index (χ4v) is 1.80. The van der Waals surface area contributed by atoms with Crippen molar-refractivity contribution < 1.29 is 4.79 Å². The molecule has 1 aliphatic rings. The quantitative estimate of drug-likeness (QED) is 0.685. The zero-order chi connectivity index (χ0) is 11.3. The molecule has 0 spiro atoms. The molecule has 1 unspecified atom stereocenters. The van der Waals surface area contributed by atoms with Crippen molar-refractivity contribution in [1.82, 2.24) is 15.5 Å². The molecule has 88 valence electrons. The molecule has 1 fully saturated rings. The maximum atomic E-state index is 11.8. The lowest BCUT2D eigenvalue weighted by atomic mass is 9.99. The molecule has 1 saturated heterocycles. The van der Waals surface area contributed by atoms with Gasteiger partial charge < -0.3 is 15.5 Å². The van der Waals surface area contributed by atoms with E-state index in [0.717, 1.165) is 39.0 Å². The van der Waals surface area contributed by atoms with Crippen LogP contribution in [-0.2, 0) is 4.79 Å². The van der Waals surface area contributed by atoms with Crippen molar-refractivity contribution in [2.24, 2.45) is 0 Å². The highest BCUT2D eigenvalue weighted by molar-refractivity contribution is 5.86. The first-order valence-electron chi connectivity index (χ1n) is 5.80. The molecule has 4 nitrogen and oxygen atoms in total. The molecule has 0 aromatic heterocycles. The smallest absolute Gasteiger partial charge is 0.240 e. The van der Waals surface area contributed by atoms with Gasteiger partial charge >= 0.3 is 0 Å². The molecule has 1 atom stereocenters. The largest absolute Gasteiger partial charge is 0.353 e. The number of nitrogens with zero attached hydrogens (tertiary/aromatic N) is 1. The van der Waals surface area contributed by atoms with E-state index in [2.05, 4.69) is 29.5 Å². The SMILES string of the molecule is CCN(C)CCNC(=O)C1(C)CCCN1. The maximum Gasteiger partial charge on any atom is 0.240 e. The lowest BCUT2D eigenvalue weighted by molar-refractivity contribution is -0.126. The van der Waals surface area contributed by atoms with E-state index in [1.165, 1.54) is 0 Å². The van der Waals surface area contributed by atoms with Crippen LogP contribution in [-0.4, -0.2) is 49.6 Å². The van der Waals surface area contributed by atoms with Crippen LogP contribution in [0.2, 0.25) is 0 Å². The molecule has 2 N–H and O–H groups in total. The van der Waals surface area contributed by atoms with Crippen LogP contribution in [0.1, 0.15) is 26.7 Å². The molecule has 0 radical (unpaired) electrons. The van der Waals surface area contributed by atoms with E-state index < -0.39 is 0 Å². The Balaban J connectivity index is 2.24. The lowest BCUT2D eigenvalue weighted by Gasteiger charge is -2.23. The average molecular weight is 213 g/mol. The minimum absolute atomic E-state index is 0.143. The predicted octanol–water partition coefficient (Wildman–Crippen LogP) is 0.196. The summed E-state index contributed by atoms with van der Waals surface area (Å²) in [6.45, 7) is 7.73. The number of amides is 1. The topological polar surface area (TPSA) is 44.4 Å². The van der Waals surface area contributed by atoms with Crippen LogP contribution < -0.4 is 10.6 Å². The molecular weight excluding hydrogens is 190 g/mol. The van der Waals surface area contributed by atoms with Gasteiger partial charge in [-0.25, -0.2) is 0 Å². The van der Waals surface area contributed by atoms with Crippen molar-refractivity contribution in [3.63, 3.8) is 0 Å². The van der Waals surface area contributed by atoms with Gasteiger partial charge in [-0.2, -0.15) is 0 Å².